The van der Waals surface area contributed by atoms with Gasteiger partial charge in [-0.1, -0.05) is 19.4 Å². The number of carboxylic acid groups (broad SMARTS) is 1. The summed E-state index contributed by atoms with van der Waals surface area (Å²) in [4.78, 5) is 26.2. The van der Waals surface area contributed by atoms with E-state index in [1.54, 1.807) is 6.07 Å². The fraction of sp³-hybridized carbons (Fsp3) is 0.462. The minimum Gasteiger partial charge on any atom is -0.477 e. The first-order chi connectivity index (χ1) is 9.08. The number of nitrogens with one attached hydrogen (secondary N) is 1. The summed E-state index contributed by atoms with van der Waals surface area (Å²) in [6.45, 7) is 2.66. The summed E-state index contributed by atoms with van der Waals surface area (Å²) in [6, 6.07) is 3.05. The maximum absolute atomic E-state index is 11.8. The molecule has 1 rings (SSSR count). The highest BCUT2D eigenvalue weighted by Gasteiger charge is 2.15. The van der Waals surface area contributed by atoms with E-state index in [2.05, 4.69) is 10.3 Å². The Hall–Kier alpha value is -1.95. The standard InChI is InChI=1S/C13H19N3O3/c1-2-3-10(6-14)12(17)16-8-9-4-5-11(13(18)19)15-7-9/h4-5,7,10H,2-3,6,8,14H2,1H3,(H,16,17)(H,18,19). The Morgan fingerprint density at radius 2 is 2.21 bits per heavy atom. The van der Waals surface area contributed by atoms with Gasteiger partial charge in [0.15, 0.2) is 0 Å². The van der Waals surface area contributed by atoms with E-state index in [0.717, 1.165) is 18.4 Å². The van der Waals surface area contributed by atoms with Crippen molar-refractivity contribution in [2.75, 3.05) is 6.54 Å². The molecule has 1 atom stereocenters. The molecule has 0 aliphatic heterocycles. The van der Waals surface area contributed by atoms with Gasteiger partial charge in [-0.25, -0.2) is 9.78 Å². The summed E-state index contributed by atoms with van der Waals surface area (Å²) >= 11 is 0. The molecule has 1 heterocycles. The molecule has 0 aromatic carbocycles. The van der Waals surface area contributed by atoms with Gasteiger partial charge >= 0.3 is 5.97 Å². The minimum atomic E-state index is -1.07. The number of carbonyl (C=O) groups excluding carboxylic acids is 1. The van der Waals surface area contributed by atoms with Crippen LogP contribution in [0.25, 0.3) is 0 Å². The minimum absolute atomic E-state index is 0.0131. The third kappa shape index (κ3) is 4.67. The monoisotopic (exact) mass is 265 g/mol. The third-order valence-electron chi connectivity index (χ3n) is 2.80. The van der Waals surface area contributed by atoms with Crippen molar-refractivity contribution in [1.82, 2.24) is 10.3 Å². The largest absolute Gasteiger partial charge is 0.477 e. The molecule has 0 aliphatic rings. The fourth-order valence-corrected chi connectivity index (χ4v) is 1.69. The van der Waals surface area contributed by atoms with Crippen molar-refractivity contribution in [2.45, 2.75) is 26.3 Å². The van der Waals surface area contributed by atoms with Crippen LogP contribution in [0, 0.1) is 5.92 Å². The number of rotatable bonds is 7. The molecule has 0 fully saturated rings. The van der Waals surface area contributed by atoms with Crippen molar-refractivity contribution in [3.8, 4) is 0 Å². The average molecular weight is 265 g/mol. The molecule has 0 radical (unpaired) electrons. The molecule has 6 heteroatoms. The predicted octanol–water partition coefficient (Wildman–Crippen LogP) is 0.771. The molecule has 6 nitrogen and oxygen atoms in total. The van der Waals surface area contributed by atoms with E-state index < -0.39 is 5.97 Å². The lowest BCUT2D eigenvalue weighted by Gasteiger charge is -2.13. The van der Waals surface area contributed by atoms with Gasteiger partial charge in [0.1, 0.15) is 5.69 Å². The van der Waals surface area contributed by atoms with Gasteiger partial charge in [0.2, 0.25) is 5.91 Å². The first-order valence-corrected chi connectivity index (χ1v) is 6.24. The Kier molecular flexibility index (Phi) is 5.95. The highest BCUT2D eigenvalue weighted by Crippen LogP contribution is 2.05. The van der Waals surface area contributed by atoms with Gasteiger partial charge in [0.05, 0.1) is 5.92 Å². The van der Waals surface area contributed by atoms with Crippen LogP contribution in [0.15, 0.2) is 18.3 Å². The van der Waals surface area contributed by atoms with Crippen LogP contribution in [0.2, 0.25) is 0 Å². The van der Waals surface area contributed by atoms with Crippen LogP contribution in [0.1, 0.15) is 35.8 Å². The molecule has 1 unspecified atom stereocenters. The maximum Gasteiger partial charge on any atom is 0.354 e. The summed E-state index contributed by atoms with van der Waals surface area (Å²) in [6.07, 6.45) is 3.11. The quantitative estimate of drug-likeness (QED) is 0.675. The molecule has 104 valence electrons. The van der Waals surface area contributed by atoms with E-state index in [1.165, 1.54) is 12.3 Å². The van der Waals surface area contributed by atoms with Crippen LogP contribution >= 0.6 is 0 Å². The molecule has 0 bridgehead atoms. The molecule has 1 aromatic rings. The normalized spacial score (nSPS) is 11.9. The van der Waals surface area contributed by atoms with Gasteiger partial charge in [0, 0.05) is 19.3 Å². The second-order valence-electron chi connectivity index (χ2n) is 4.30. The second-order valence-corrected chi connectivity index (χ2v) is 4.30. The van der Waals surface area contributed by atoms with Crippen LogP contribution in [0.5, 0.6) is 0 Å². The van der Waals surface area contributed by atoms with E-state index in [4.69, 9.17) is 10.8 Å². The number of hydrogen-bond donors (Lipinski definition) is 3. The SMILES string of the molecule is CCCC(CN)C(=O)NCc1ccc(C(=O)O)nc1. The van der Waals surface area contributed by atoms with Gasteiger partial charge in [-0.3, -0.25) is 4.79 Å². The Bertz CT molecular complexity index is 431. The molecule has 0 saturated carbocycles. The third-order valence-corrected chi connectivity index (χ3v) is 2.80. The number of carbonyl (C=O) groups is 2. The Labute approximate surface area is 112 Å². The molecule has 0 saturated heterocycles. The second kappa shape index (κ2) is 7.48. The zero-order chi connectivity index (χ0) is 14.3. The van der Waals surface area contributed by atoms with E-state index >= 15 is 0 Å². The van der Waals surface area contributed by atoms with Crippen molar-refractivity contribution < 1.29 is 14.7 Å². The molecule has 4 N–H and O–H groups in total. The van der Waals surface area contributed by atoms with E-state index in [9.17, 15) is 9.59 Å². The van der Waals surface area contributed by atoms with E-state index in [1.807, 2.05) is 6.92 Å². The maximum atomic E-state index is 11.8. The highest BCUT2D eigenvalue weighted by molar-refractivity contribution is 5.85. The smallest absolute Gasteiger partial charge is 0.354 e. The van der Waals surface area contributed by atoms with Crippen molar-refractivity contribution in [3.63, 3.8) is 0 Å². The molecule has 0 spiro atoms. The van der Waals surface area contributed by atoms with Gasteiger partial charge < -0.3 is 16.2 Å². The van der Waals surface area contributed by atoms with Crippen LogP contribution in [-0.2, 0) is 11.3 Å². The Morgan fingerprint density at radius 1 is 1.47 bits per heavy atom. The summed E-state index contributed by atoms with van der Waals surface area (Å²) < 4.78 is 0. The van der Waals surface area contributed by atoms with E-state index in [0.29, 0.717) is 13.1 Å². The number of nitrogens with two attached hydrogens (primary N) is 1. The lowest BCUT2D eigenvalue weighted by atomic mass is 10.0. The van der Waals surface area contributed by atoms with Crippen LogP contribution in [0.4, 0.5) is 0 Å². The van der Waals surface area contributed by atoms with Crippen molar-refractivity contribution in [1.29, 1.82) is 0 Å². The fourth-order valence-electron chi connectivity index (χ4n) is 1.69. The number of hydrogen-bond acceptors (Lipinski definition) is 4. The summed E-state index contributed by atoms with van der Waals surface area (Å²) in [5.41, 5.74) is 6.29. The molecular formula is C13H19N3O3. The zero-order valence-electron chi connectivity index (χ0n) is 10.9. The number of nitrogens with zero attached hydrogens (tertiary/aromatic N) is 1. The number of carboxylic acids is 1. The molecule has 1 amide bonds. The van der Waals surface area contributed by atoms with Crippen LogP contribution in [0.3, 0.4) is 0 Å². The number of pyridine rings is 1. The highest BCUT2D eigenvalue weighted by atomic mass is 16.4. The van der Waals surface area contributed by atoms with Crippen molar-refractivity contribution in [2.24, 2.45) is 11.7 Å². The number of aromatic nitrogens is 1. The molecular weight excluding hydrogens is 246 g/mol. The summed E-state index contributed by atoms with van der Waals surface area (Å²) in [5.74, 6) is -1.32. The number of aromatic carboxylic acids is 1. The average Bonchev–Trinajstić information content (AvgIpc) is 2.42. The Morgan fingerprint density at radius 3 is 2.68 bits per heavy atom. The first kappa shape index (κ1) is 15.1. The Balaban J connectivity index is 2.52. The zero-order valence-corrected chi connectivity index (χ0v) is 10.9. The first-order valence-electron chi connectivity index (χ1n) is 6.24. The van der Waals surface area contributed by atoms with Gasteiger partial charge in [-0.15, -0.1) is 0 Å². The van der Waals surface area contributed by atoms with Crippen LogP contribution in [-0.4, -0.2) is 28.5 Å². The van der Waals surface area contributed by atoms with Crippen LogP contribution < -0.4 is 11.1 Å². The lowest BCUT2D eigenvalue weighted by Crippen LogP contribution is -2.34. The van der Waals surface area contributed by atoms with Crippen molar-refractivity contribution >= 4 is 11.9 Å². The summed E-state index contributed by atoms with van der Waals surface area (Å²) in [7, 11) is 0. The number of amides is 1. The molecule has 0 aliphatic carbocycles. The predicted molar refractivity (Wildman–Crippen MR) is 70.5 cm³/mol. The molecule has 1 aromatic heterocycles. The summed E-state index contributed by atoms with van der Waals surface area (Å²) in [5, 5.41) is 11.5. The lowest BCUT2D eigenvalue weighted by molar-refractivity contribution is -0.125. The van der Waals surface area contributed by atoms with E-state index in [-0.39, 0.29) is 17.5 Å². The van der Waals surface area contributed by atoms with Gasteiger partial charge in [-0.05, 0) is 18.1 Å². The topological polar surface area (TPSA) is 105 Å². The molecule has 19 heavy (non-hydrogen) atoms. The van der Waals surface area contributed by atoms with Gasteiger partial charge in [0.25, 0.3) is 0 Å². The van der Waals surface area contributed by atoms with Crippen molar-refractivity contribution in [3.05, 3.63) is 29.6 Å². The van der Waals surface area contributed by atoms with Gasteiger partial charge in [-0.2, -0.15) is 0 Å².